The lowest BCUT2D eigenvalue weighted by Crippen LogP contribution is -2.49. The van der Waals surface area contributed by atoms with E-state index in [2.05, 4.69) is 21.2 Å². The Labute approximate surface area is 153 Å². The first kappa shape index (κ1) is 16.5. The summed E-state index contributed by atoms with van der Waals surface area (Å²) in [4.78, 5) is 17.1. The second kappa shape index (κ2) is 6.75. The summed E-state index contributed by atoms with van der Waals surface area (Å²) in [5.41, 5.74) is 3.03. The van der Waals surface area contributed by atoms with Gasteiger partial charge in [0.25, 0.3) is 5.91 Å². The van der Waals surface area contributed by atoms with Gasteiger partial charge in [-0.05, 0) is 31.0 Å². The SMILES string of the molecule is Cc1cccc(C(=O)N2CCN(c3nncc4ccccc34)CC2)c1C. The zero-order valence-electron chi connectivity index (χ0n) is 15.1. The molecule has 0 saturated carbocycles. The number of carbonyl (C=O) groups is 1. The van der Waals surface area contributed by atoms with Crippen LogP contribution in [0, 0.1) is 13.8 Å². The quantitative estimate of drug-likeness (QED) is 0.715. The molecule has 3 aromatic rings. The zero-order chi connectivity index (χ0) is 18.1. The summed E-state index contributed by atoms with van der Waals surface area (Å²) in [6.07, 6.45) is 1.79. The molecule has 0 radical (unpaired) electrons. The summed E-state index contributed by atoms with van der Waals surface area (Å²) >= 11 is 0. The second-order valence-electron chi connectivity index (χ2n) is 6.78. The number of anilines is 1. The van der Waals surface area contributed by atoms with Crippen LogP contribution in [0.2, 0.25) is 0 Å². The maximum absolute atomic E-state index is 12.9. The molecular formula is C21H22N4O. The van der Waals surface area contributed by atoms with Crippen LogP contribution in [0.1, 0.15) is 21.5 Å². The Hall–Kier alpha value is -2.95. The highest BCUT2D eigenvalue weighted by atomic mass is 16.2. The van der Waals surface area contributed by atoms with Crippen molar-refractivity contribution >= 4 is 22.5 Å². The monoisotopic (exact) mass is 346 g/mol. The van der Waals surface area contributed by atoms with Crippen LogP contribution in [0.15, 0.2) is 48.7 Å². The minimum atomic E-state index is 0.120. The largest absolute Gasteiger partial charge is 0.351 e. The smallest absolute Gasteiger partial charge is 0.254 e. The Balaban J connectivity index is 1.52. The van der Waals surface area contributed by atoms with Crippen LogP contribution in [0.25, 0.3) is 10.8 Å². The molecule has 5 heteroatoms. The summed E-state index contributed by atoms with van der Waals surface area (Å²) in [7, 11) is 0. The van der Waals surface area contributed by atoms with Gasteiger partial charge in [-0.1, -0.05) is 36.4 Å². The molecule has 1 fully saturated rings. The molecule has 0 aliphatic carbocycles. The highest BCUT2D eigenvalue weighted by Gasteiger charge is 2.25. The van der Waals surface area contributed by atoms with Gasteiger partial charge in [-0.25, -0.2) is 0 Å². The number of hydrogen-bond donors (Lipinski definition) is 0. The first-order valence-corrected chi connectivity index (χ1v) is 8.96. The molecule has 2 heterocycles. The third-order valence-electron chi connectivity index (χ3n) is 5.25. The predicted molar refractivity (Wildman–Crippen MR) is 104 cm³/mol. The molecule has 0 unspecified atom stereocenters. The van der Waals surface area contributed by atoms with E-state index < -0.39 is 0 Å². The van der Waals surface area contributed by atoms with Gasteiger partial charge in [-0.15, -0.1) is 5.10 Å². The van der Waals surface area contributed by atoms with Crippen molar-refractivity contribution in [2.24, 2.45) is 0 Å². The van der Waals surface area contributed by atoms with E-state index in [1.54, 1.807) is 6.20 Å². The van der Waals surface area contributed by atoms with E-state index in [1.165, 1.54) is 0 Å². The zero-order valence-corrected chi connectivity index (χ0v) is 15.1. The van der Waals surface area contributed by atoms with Crippen molar-refractivity contribution < 1.29 is 4.79 Å². The lowest BCUT2D eigenvalue weighted by Gasteiger charge is -2.35. The maximum Gasteiger partial charge on any atom is 0.254 e. The van der Waals surface area contributed by atoms with E-state index in [9.17, 15) is 4.79 Å². The van der Waals surface area contributed by atoms with E-state index in [4.69, 9.17) is 0 Å². The van der Waals surface area contributed by atoms with Crippen molar-refractivity contribution in [3.05, 3.63) is 65.4 Å². The first-order chi connectivity index (χ1) is 12.6. The van der Waals surface area contributed by atoms with E-state index in [1.807, 2.05) is 55.1 Å². The van der Waals surface area contributed by atoms with Gasteiger partial charge in [0.05, 0.1) is 6.20 Å². The van der Waals surface area contributed by atoms with E-state index >= 15 is 0 Å². The van der Waals surface area contributed by atoms with Crippen molar-refractivity contribution in [1.82, 2.24) is 15.1 Å². The van der Waals surface area contributed by atoms with Crippen LogP contribution in [-0.4, -0.2) is 47.2 Å². The van der Waals surface area contributed by atoms with Gasteiger partial charge in [0.2, 0.25) is 0 Å². The molecule has 5 nitrogen and oxygen atoms in total. The third-order valence-corrected chi connectivity index (χ3v) is 5.25. The van der Waals surface area contributed by atoms with Crippen molar-refractivity contribution in [2.75, 3.05) is 31.1 Å². The van der Waals surface area contributed by atoms with Crippen molar-refractivity contribution in [2.45, 2.75) is 13.8 Å². The van der Waals surface area contributed by atoms with E-state index in [0.717, 1.165) is 46.4 Å². The van der Waals surface area contributed by atoms with Crippen LogP contribution < -0.4 is 4.90 Å². The molecular weight excluding hydrogens is 324 g/mol. The number of amides is 1. The molecule has 1 amide bonds. The summed E-state index contributed by atoms with van der Waals surface area (Å²) in [6, 6.07) is 14.1. The molecule has 132 valence electrons. The number of benzene rings is 2. The van der Waals surface area contributed by atoms with Gasteiger partial charge >= 0.3 is 0 Å². The van der Waals surface area contributed by atoms with Gasteiger partial charge in [-0.3, -0.25) is 4.79 Å². The Morgan fingerprint density at radius 3 is 2.54 bits per heavy atom. The highest BCUT2D eigenvalue weighted by molar-refractivity contribution is 5.96. The number of aromatic nitrogens is 2. The molecule has 0 atom stereocenters. The highest BCUT2D eigenvalue weighted by Crippen LogP contribution is 2.24. The molecule has 4 rings (SSSR count). The van der Waals surface area contributed by atoms with E-state index in [0.29, 0.717) is 13.1 Å². The van der Waals surface area contributed by atoms with Gasteiger partial charge in [0.1, 0.15) is 0 Å². The molecule has 0 N–H and O–H groups in total. The fraction of sp³-hybridized carbons (Fsp3) is 0.286. The number of rotatable bonds is 2. The van der Waals surface area contributed by atoms with E-state index in [-0.39, 0.29) is 5.91 Å². The normalized spacial score (nSPS) is 14.7. The number of carbonyl (C=O) groups excluding carboxylic acids is 1. The molecule has 26 heavy (non-hydrogen) atoms. The molecule has 0 bridgehead atoms. The lowest BCUT2D eigenvalue weighted by atomic mass is 10.0. The Bertz CT molecular complexity index is 956. The summed E-state index contributed by atoms with van der Waals surface area (Å²) in [5, 5.41) is 10.7. The van der Waals surface area contributed by atoms with Gasteiger partial charge < -0.3 is 9.80 Å². The fourth-order valence-electron chi connectivity index (χ4n) is 3.52. The maximum atomic E-state index is 12.9. The van der Waals surface area contributed by atoms with Gasteiger partial charge in [-0.2, -0.15) is 5.10 Å². The number of nitrogens with zero attached hydrogens (tertiary/aromatic N) is 4. The third kappa shape index (κ3) is 2.90. The minimum absolute atomic E-state index is 0.120. The minimum Gasteiger partial charge on any atom is -0.351 e. The van der Waals surface area contributed by atoms with Crippen LogP contribution in [-0.2, 0) is 0 Å². The van der Waals surface area contributed by atoms with Crippen molar-refractivity contribution in [3.8, 4) is 0 Å². The summed E-state index contributed by atoms with van der Waals surface area (Å²) in [6.45, 7) is 6.97. The molecule has 1 aliphatic rings. The first-order valence-electron chi connectivity index (χ1n) is 8.96. The Morgan fingerprint density at radius 2 is 1.73 bits per heavy atom. The predicted octanol–water partition coefficient (Wildman–Crippen LogP) is 3.21. The Morgan fingerprint density at radius 1 is 0.962 bits per heavy atom. The molecule has 1 saturated heterocycles. The standard InChI is InChI=1S/C21H22N4O/c1-15-6-5-9-18(16(15)2)21(26)25-12-10-24(11-13-25)20-19-8-4-3-7-17(19)14-22-23-20/h3-9,14H,10-13H2,1-2H3. The molecule has 1 aliphatic heterocycles. The average molecular weight is 346 g/mol. The van der Waals surface area contributed by atoms with Gasteiger partial charge in [0, 0.05) is 42.5 Å². The average Bonchev–Trinajstić information content (AvgIpc) is 2.69. The lowest BCUT2D eigenvalue weighted by molar-refractivity contribution is 0.0745. The number of aryl methyl sites for hydroxylation is 1. The summed E-state index contributed by atoms with van der Waals surface area (Å²) in [5.74, 6) is 1.02. The van der Waals surface area contributed by atoms with Crippen LogP contribution in [0.4, 0.5) is 5.82 Å². The number of hydrogen-bond acceptors (Lipinski definition) is 4. The molecule has 2 aromatic carbocycles. The van der Waals surface area contributed by atoms with Gasteiger partial charge in [0.15, 0.2) is 5.82 Å². The second-order valence-corrected chi connectivity index (χ2v) is 6.78. The topological polar surface area (TPSA) is 49.3 Å². The van der Waals surface area contributed by atoms with Crippen LogP contribution >= 0.6 is 0 Å². The summed E-state index contributed by atoms with van der Waals surface area (Å²) < 4.78 is 0. The van der Waals surface area contributed by atoms with Crippen molar-refractivity contribution in [3.63, 3.8) is 0 Å². The number of fused-ring (bicyclic) bond motifs is 1. The fourth-order valence-corrected chi connectivity index (χ4v) is 3.52. The molecule has 1 aromatic heterocycles. The Kier molecular flexibility index (Phi) is 4.29. The number of piperazine rings is 1. The van der Waals surface area contributed by atoms with Crippen molar-refractivity contribution in [1.29, 1.82) is 0 Å². The van der Waals surface area contributed by atoms with Crippen LogP contribution in [0.5, 0.6) is 0 Å². The molecule has 0 spiro atoms. The van der Waals surface area contributed by atoms with Crippen LogP contribution in [0.3, 0.4) is 0 Å².